The van der Waals surface area contributed by atoms with Gasteiger partial charge in [0.2, 0.25) is 0 Å². The van der Waals surface area contributed by atoms with E-state index >= 15 is 0 Å². The van der Waals surface area contributed by atoms with Crippen LogP contribution in [0.3, 0.4) is 0 Å². The summed E-state index contributed by atoms with van der Waals surface area (Å²) in [6.45, 7) is 3.83. The summed E-state index contributed by atoms with van der Waals surface area (Å²) in [6, 6.07) is 1.94. The molecule has 0 spiro atoms. The van der Waals surface area contributed by atoms with Crippen LogP contribution in [0.2, 0.25) is 0 Å². The fourth-order valence-electron chi connectivity index (χ4n) is 1.28. The average Bonchev–Trinajstić information content (AvgIpc) is 2.07. The second kappa shape index (κ2) is 2.42. The van der Waals surface area contributed by atoms with Crippen molar-refractivity contribution in [2.75, 3.05) is 0 Å². The van der Waals surface area contributed by atoms with Gasteiger partial charge in [-0.15, -0.1) is 0 Å². The van der Waals surface area contributed by atoms with E-state index in [0.717, 1.165) is 11.3 Å². The molecule has 1 aromatic rings. The molecule has 3 nitrogen and oxygen atoms in total. The van der Waals surface area contributed by atoms with Crippen LogP contribution in [0, 0.1) is 13.8 Å². The summed E-state index contributed by atoms with van der Waals surface area (Å²) in [5, 5.41) is 0. The molecule has 0 bridgehead atoms. The molecular formula is C8H12N2O. The van der Waals surface area contributed by atoms with Crippen molar-refractivity contribution >= 4 is 5.91 Å². The number of nitrogens with two attached hydrogens (primary N) is 1. The van der Waals surface area contributed by atoms with E-state index in [1.54, 1.807) is 4.57 Å². The van der Waals surface area contributed by atoms with Gasteiger partial charge in [-0.1, -0.05) is 0 Å². The van der Waals surface area contributed by atoms with Crippen LogP contribution in [0.5, 0.6) is 0 Å². The molecule has 0 unspecified atom stereocenters. The second-order valence-corrected chi connectivity index (χ2v) is 2.74. The zero-order chi connectivity index (χ0) is 8.59. The third-order valence-corrected chi connectivity index (χ3v) is 1.90. The number of rotatable bonds is 1. The summed E-state index contributed by atoms with van der Waals surface area (Å²) >= 11 is 0. The van der Waals surface area contributed by atoms with Crippen LogP contribution in [0.25, 0.3) is 0 Å². The first-order valence-corrected chi connectivity index (χ1v) is 3.46. The highest BCUT2D eigenvalue weighted by Gasteiger charge is 2.10. The number of aromatic nitrogens is 1. The molecule has 0 fully saturated rings. The van der Waals surface area contributed by atoms with Gasteiger partial charge in [0.25, 0.3) is 5.91 Å². The number of amides is 1. The Bertz CT molecular complexity index is 299. The van der Waals surface area contributed by atoms with Gasteiger partial charge in [-0.2, -0.15) is 0 Å². The number of hydrogen-bond donors (Lipinski definition) is 1. The van der Waals surface area contributed by atoms with Crippen molar-refractivity contribution in [3.63, 3.8) is 0 Å². The van der Waals surface area contributed by atoms with E-state index in [9.17, 15) is 4.79 Å². The topological polar surface area (TPSA) is 48.0 Å². The zero-order valence-corrected chi connectivity index (χ0v) is 7.01. The molecule has 0 radical (unpaired) electrons. The van der Waals surface area contributed by atoms with Crippen LogP contribution in [0.4, 0.5) is 0 Å². The predicted molar refractivity (Wildman–Crippen MR) is 43.4 cm³/mol. The van der Waals surface area contributed by atoms with Crippen molar-refractivity contribution in [3.05, 3.63) is 23.0 Å². The molecule has 0 saturated heterocycles. The first-order chi connectivity index (χ1) is 5.04. The lowest BCUT2D eigenvalue weighted by Crippen LogP contribution is -2.16. The average molecular weight is 152 g/mol. The summed E-state index contributed by atoms with van der Waals surface area (Å²) in [4.78, 5) is 10.9. The lowest BCUT2D eigenvalue weighted by Gasteiger charge is -2.00. The van der Waals surface area contributed by atoms with E-state index in [0.29, 0.717) is 5.69 Å². The minimum Gasteiger partial charge on any atom is -0.364 e. The molecule has 0 aliphatic carbocycles. The Morgan fingerprint density at radius 1 is 1.55 bits per heavy atom. The van der Waals surface area contributed by atoms with Crippen LogP contribution in [-0.2, 0) is 7.05 Å². The Balaban J connectivity index is 3.34. The fourth-order valence-corrected chi connectivity index (χ4v) is 1.28. The van der Waals surface area contributed by atoms with Crippen molar-refractivity contribution in [1.82, 2.24) is 4.57 Å². The number of aryl methyl sites for hydroxylation is 2. The van der Waals surface area contributed by atoms with E-state index in [-0.39, 0.29) is 5.91 Å². The maximum atomic E-state index is 10.9. The van der Waals surface area contributed by atoms with Gasteiger partial charge in [-0.3, -0.25) is 4.79 Å². The number of primary amides is 1. The Morgan fingerprint density at radius 2 is 2.09 bits per heavy atom. The number of carbonyl (C=O) groups is 1. The Hall–Kier alpha value is -1.25. The molecule has 0 aliphatic heterocycles. The fraction of sp³-hybridized carbons (Fsp3) is 0.375. The van der Waals surface area contributed by atoms with Crippen LogP contribution in [-0.4, -0.2) is 10.5 Å². The minimum absolute atomic E-state index is 0.363. The van der Waals surface area contributed by atoms with Crippen LogP contribution < -0.4 is 5.73 Å². The predicted octanol–water partition coefficient (Wildman–Crippen LogP) is 0.741. The molecule has 2 N–H and O–H groups in total. The van der Waals surface area contributed by atoms with Gasteiger partial charge in [0.05, 0.1) is 0 Å². The maximum Gasteiger partial charge on any atom is 0.265 e. The van der Waals surface area contributed by atoms with E-state index in [1.807, 2.05) is 27.0 Å². The largest absolute Gasteiger partial charge is 0.364 e. The Kier molecular flexibility index (Phi) is 1.72. The van der Waals surface area contributed by atoms with Crippen LogP contribution >= 0.6 is 0 Å². The highest BCUT2D eigenvalue weighted by Crippen LogP contribution is 2.11. The number of carbonyl (C=O) groups excluding carboxylic acids is 1. The van der Waals surface area contributed by atoms with E-state index in [4.69, 9.17) is 5.73 Å². The van der Waals surface area contributed by atoms with Gasteiger partial charge >= 0.3 is 0 Å². The first-order valence-electron chi connectivity index (χ1n) is 3.46. The van der Waals surface area contributed by atoms with E-state index in [1.165, 1.54) is 0 Å². The smallest absolute Gasteiger partial charge is 0.265 e. The monoisotopic (exact) mass is 152 g/mol. The summed E-state index contributed by atoms with van der Waals surface area (Å²) < 4.78 is 1.80. The molecule has 0 aromatic carbocycles. The van der Waals surface area contributed by atoms with E-state index in [2.05, 4.69) is 0 Å². The second-order valence-electron chi connectivity index (χ2n) is 2.74. The van der Waals surface area contributed by atoms with Gasteiger partial charge in [-0.25, -0.2) is 0 Å². The standard InChI is InChI=1S/C8H12N2O/c1-5-4-6(2)10(3)7(5)8(9)11/h4H,1-3H3,(H2,9,11). The highest BCUT2D eigenvalue weighted by molar-refractivity contribution is 5.92. The normalized spacial score (nSPS) is 10.1. The van der Waals surface area contributed by atoms with E-state index < -0.39 is 0 Å². The SMILES string of the molecule is Cc1cc(C)n(C)c1C(N)=O. The number of nitrogens with zero attached hydrogens (tertiary/aromatic N) is 1. The first kappa shape index (κ1) is 7.85. The van der Waals surface area contributed by atoms with Crippen molar-refractivity contribution in [2.24, 2.45) is 12.8 Å². The van der Waals surface area contributed by atoms with Gasteiger partial charge in [0.1, 0.15) is 5.69 Å². The van der Waals surface area contributed by atoms with Gasteiger partial charge < -0.3 is 10.3 Å². The summed E-state index contributed by atoms with van der Waals surface area (Å²) in [5.41, 5.74) is 7.76. The third-order valence-electron chi connectivity index (χ3n) is 1.90. The molecule has 0 saturated carbocycles. The van der Waals surface area contributed by atoms with Gasteiger partial charge in [0, 0.05) is 12.7 Å². The highest BCUT2D eigenvalue weighted by atomic mass is 16.1. The lowest BCUT2D eigenvalue weighted by atomic mass is 10.2. The van der Waals surface area contributed by atoms with Gasteiger partial charge in [-0.05, 0) is 25.5 Å². The molecule has 1 amide bonds. The molecule has 60 valence electrons. The zero-order valence-electron chi connectivity index (χ0n) is 7.01. The minimum atomic E-state index is -0.363. The molecule has 0 aliphatic rings. The van der Waals surface area contributed by atoms with Gasteiger partial charge in [0.15, 0.2) is 0 Å². The number of hydrogen-bond acceptors (Lipinski definition) is 1. The Labute approximate surface area is 65.8 Å². The molecule has 11 heavy (non-hydrogen) atoms. The summed E-state index contributed by atoms with van der Waals surface area (Å²) in [7, 11) is 1.84. The quantitative estimate of drug-likeness (QED) is 0.634. The third kappa shape index (κ3) is 1.13. The lowest BCUT2D eigenvalue weighted by molar-refractivity contribution is 0.0992. The molecule has 0 atom stereocenters. The molecule has 1 rings (SSSR count). The van der Waals surface area contributed by atoms with Crippen LogP contribution in [0.15, 0.2) is 6.07 Å². The molecule has 3 heteroatoms. The van der Waals surface area contributed by atoms with Crippen molar-refractivity contribution in [3.8, 4) is 0 Å². The Morgan fingerprint density at radius 3 is 2.27 bits per heavy atom. The van der Waals surface area contributed by atoms with Crippen LogP contribution in [0.1, 0.15) is 21.7 Å². The van der Waals surface area contributed by atoms with Crippen molar-refractivity contribution in [1.29, 1.82) is 0 Å². The molecule has 1 aromatic heterocycles. The summed E-state index contributed by atoms with van der Waals surface area (Å²) in [5.74, 6) is -0.363. The molecular weight excluding hydrogens is 140 g/mol. The summed E-state index contributed by atoms with van der Waals surface area (Å²) in [6.07, 6.45) is 0. The van der Waals surface area contributed by atoms with Crippen molar-refractivity contribution in [2.45, 2.75) is 13.8 Å². The maximum absolute atomic E-state index is 10.9. The van der Waals surface area contributed by atoms with Crippen molar-refractivity contribution < 1.29 is 4.79 Å². The molecule has 1 heterocycles.